The van der Waals surface area contributed by atoms with Gasteiger partial charge >= 0.3 is 5.97 Å². The number of carboxylic acids is 1. The van der Waals surface area contributed by atoms with Crippen LogP contribution in [0.5, 0.6) is 0 Å². The molecule has 1 aromatic heterocycles. The lowest BCUT2D eigenvalue weighted by Gasteiger charge is -2.10. The van der Waals surface area contributed by atoms with Crippen LogP contribution >= 0.6 is 11.6 Å². The number of halogens is 2. The SMILES string of the molecule is Cc1ccc(F)c(Nc2nc(Cl)ccc2C(=O)O)c1. The number of aromatic carboxylic acids is 1. The summed E-state index contributed by atoms with van der Waals surface area (Å²) in [5.41, 5.74) is 0.908. The zero-order valence-electron chi connectivity index (χ0n) is 9.95. The van der Waals surface area contributed by atoms with Crippen molar-refractivity contribution in [2.45, 2.75) is 6.92 Å². The molecule has 0 aliphatic heterocycles. The molecule has 2 rings (SSSR count). The van der Waals surface area contributed by atoms with Crippen molar-refractivity contribution in [1.29, 1.82) is 0 Å². The second-order valence-corrected chi connectivity index (χ2v) is 4.33. The number of carboxylic acid groups (broad SMARTS) is 1. The van der Waals surface area contributed by atoms with Crippen LogP contribution in [0.1, 0.15) is 15.9 Å². The van der Waals surface area contributed by atoms with Crippen LogP contribution in [0.25, 0.3) is 0 Å². The highest BCUT2D eigenvalue weighted by Crippen LogP contribution is 2.24. The third kappa shape index (κ3) is 3.00. The van der Waals surface area contributed by atoms with Crippen molar-refractivity contribution in [3.63, 3.8) is 0 Å². The highest BCUT2D eigenvalue weighted by atomic mass is 35.5. The normalized spacial score (nSPS) is 10.3. The van der Waals surface area contributed by atoms with Gasteiger partial charge in [0.05, 0.1) is 5.69 Å². The van der Waals surface area contributed by atoms with E-state index in [1.165, 1.54) is 18.2 Å². The largest absolute Gasteiger partial charge is 0.478 e. The molecule has 19 heavy (non-hydrogen) atoms. The maximum Gasteiger partial charge on any atom is 0.339 e. The maximum absolute atomic E-state index is 13.6. The first-order chi connectivity index (χ1) is 8.97. The number of rotatable bonds is 3. The first-order valence-corrected chi connectivity index (χ1v) is 5.78. The first-order valence-electron chi connectivity index (χ1n) is 5.40. The Labute approximate surface area is 113 Å². The molecule has 98 valence electrons. The summed E-state index contributed by atoms with van der Waals surface area (Å²) in [5, 5.41) is 11.8. The molecule has 2 N–H and O–H groups in total. The molecule has 1 aromatic carbocycles. The van der Waals surface area contributed by atoms with Crippen molar-refractivity contribution in [3.8, 4) is 0 Å². The predicted molar refractivity (Wildman–Crippen MR) is 70.6 cm³/mol. The van der Waals surface area contributed by atoms with Crippen molar-refractivity contribution in [3.05, 3.63) is 52.4 Å². The van der Waals surface area contributed by atoms with Gasteiger partial charge in [-0.15, -0.1) is 0 Å². The molecule has 4 nitrogen and oxygen atoms in total. The fourth-order valence-corrected chi connectivity index (χ4v) is 1.71. The minimum atomic E-state index is -1.17. The number of benzene rings is 1. The zero-order chi connectivity index (χ0) is 14.0. The van der Waals surface area contributed by atoms with Gasteiger partial charge in [-0.1, -0.05) is 17.7 Å². The predicted octanol–water partition coefficient (Wildman–Crippen LogP) is 3.62. The Balaban J connectivity index is 2.45. The number of carbonyl (C=O) groups is 1. The second-order valence-electron chi connectivity index (χ2n) is 3.94. The van der Waals surface area contributed by atoms with Gasteiger partial charge in [-0.2, -0.15) is 0 Å². The third-order valence-corrected chi connectivity index (χ3v) is 2.68. The van der Waals surface area contributed by atoms with Crippen LogP contribution in [0.2, 0.25) is 5.15 Å². The van der Waals surface area contributed by atoms with Crippen LogP contribution in [0, 0.1) is 12.7 Å². The molecular formula is C13H10ClFN2O2. The van der Waals surface area contributed by atoms with Gasteiger partial charge in [0.25, 0.3) is 0 Å². The van der Waals surface area contributed by atoms with Crippen molar-refractivity contribution >= 4 is 29.1 Å². The number of hydrogen-bond acceptors (Lipinski definition) is 3. The molecule has 0 radical (unpaired) electrons. The van der Waals surface area contributed by atoms with E-state index in [1.54, 1.807) is 19.1 Å². The topological polar surface area (TPSA) is 62.2 Å². The molecule has 0 spiro atoms. The summed E-state index contributed by atoms with van der Waals surface area (Å²) in [5.74, 6) is -1.66. The van der Waals surface area contributed by atoms with Gasteiger partial charge in [0.2, 0.25) is 0 Å². The van der Waals surface area contributed by atoms with E-state index in [-0.39, 0.29) is 22.2 Å². The lowest BCUT2D eigenvalue weighted by atomic mass is 10.2. The van der Waals surface area contributed by atoms with Crippen LogP contribution in [0.3, 0.4) is 0 Å². The van der Waals surface area contributed by atoms with Gasteiger partial charge in [-0.25, -0.2) is 14.2 Å². The standard InChI is InChI=1S/C13H10ClFN2O2/c1-7-2-4-9(15)10(6-7)16-12-8(13(18)19)3-5-11(14)17-12/h2-6H,1H3,(H,16,17)(H,18,19). The van der Waals surface area contributed by atoms with Crippen molar-refractivity contribution in [1.82, 2.24) is 4.98 Å². The van der Waals surface area contributed by atoms with E-state index in [4.69, 9.17) is 16.7 Å². The Kier molecular flexibility index (Phi) is 3.66. The monoisotopic (exact) mass is 280 g/mol. The molecule has 0 aliphatic carbocycles. The highest BCUT2D eigenvalue weighted by Gasteiger charge is 2.13. The van der Waals surface area contributed by atoms with E-state index < -0.39 is 11.8 Å². The van der Waals surface area contributed by atoms with E-state index >= 15 is 0 Å². The van der Waals surface area contributed by atoms with Gasteiger partial charge in [0.15, 0.2) is 0 Å². The summed E-state index contributed by atoms with van der Waals surface area (Å²) in [4.78, 5) is 14.9. The second kappa shape index (κ2) is 5.24. The minimum absolute atomic E-state index is 0.00417. The van der Waals surface area contributed by atoms with Crippen molar-refractivity contribution in [2.24, 2.45) is 0 Å². The Morgan fingerprint density at radius 1 is 1.37 bits per heavy atom. The number of aromatic nitrogens is 1. The molecule has 0 saturated heterocycles. The van der Waals surface area contributed by atoms with Crippen LogP contribution in [-0.2, 0) is 0 Å². The highest BCUT2D eigenvalue weighted by molar-refractivity contribution is 6.29. The lowest BCUT2D eigenvalue weighted by molar-refractivity contribution is 0.0697. The fraction of sp³-hybridized carbons (Fsp3) is 0.0769. The van der Waals surface area contributed by atoms with Crippen molar-refractivity contribution < 1.29 is 14.3 Å². The van der Waals surface area contributed by atoms with E-state index in [0.717, 1.165) is 5.56 Å². The molecule has 0 aliphatic rings. The van der Waals surface area contributed by atoms with Crippen LogP contribution < -0.4 is 5.32 Å². The van der Waals surface area contributed by atoms with Crippen LogP contribution in [0.15, 0.2) is 30.3 Å². The Bertz CT molecular complexity index is 647. The summed E-state index contributed by atoms with van der Waals surface area (Å²) < 4.78 is 13.6. The number of aryl methyl sites for hydroxylation is 1. The molecule has 0 saturated carbocycles. The number of nitrogens with zero attached hydrogens (tertiary/aromatic N) is 1. The summed E-state index contributed by atoms with van der Waals surface area (Å²) in [7, 11) is 0. The summed E-state index contributed by atoms with van der Waals surface area (Å²) >= 11 is 5.72. The number of hydrogen-bond donors (Lipinski definition) is 2. The maximum atomic E-state index is 13.6. The van der Waals surface area contributed by atoms with Gasteiger partial charge in [-0.05, 0) is 36.8 Å². The molecule has 2 aromatic rings. The molecule has 6 heteroatoms. The summed E-state index contributed by atoms with van der Waals surface area (Å²) in [6, 6.07) is 7.15. The zero-order valence-corrected chi connectivity index (χ0v) is 10.7. The average Bonchev–Trinajstić information content (AvgIpc) is 2.33. The molecule has 1 heterocycles. The van der Waals surface area contributed by atoms with E-state index in [1.807, 2.05) is 0 Å². The van der Waals surface area contributed by atoms with E-state index in [2.05, 4.69) is 10.3 Å². The Hall–Kier alpha value is -2.14. The number of pyridine rings is 1. The lowest BCUT2D eigenvalue weighted by Crippen LogP contribution is -2.06. The van der Waals surface area contributed by atoms with Gasteiger partial charge in [0, 0.05) is 0 Å². The summed E-state index contributed by atoms with van der Waals surface area (Å²) in [6.45, 7) is 1.80. The Morgan fingerprint density at radius 3 is 2.79 bits per heavy atom. The van der Waals surface area contributed by atoms with E-state index in [9.17, 15) is 9.18 Å². The molecule has 0 atom stereocenters. The Morgan fingerprint density at radius 2 is 2.11 bits per heavy atom. The summed E-state index contributed by atoms with van der Waals surface area (Å²) in [6.07, 6.45) is 0. The average molecular weight is 281 g/mol. The van der Waals surface area contributed by atoms with E-state index in [0.29, 0.717) is 0 Å². The van der Waals surface area contributed by atoms with Crippen LogP contribution in [-0.4, -0.2) is 16.1 Å². The fourth-order valence-electron chi connectivity index (χ4n) is 1.57. The smallest absolute Gasteiger partial charge is 0.339 e. The first kappa shape index (κ1) is 13.3. The number of anilines is 2. The molecule has 0 amide bonds. The van der Waals surface area contributed by atoms with Crippen molar-refractivity contribution in [2.75, 3.05) is 5.32 Å². The third-order valence-electron chi connectivity index (χ3n) is 2.47. The number of nitrogens with one attached hydrogen (secondary N) is 1. The van der Waals surface area contributed by atoms with Crippen LogP contribution in [0.4, 0.5) is 15.9 Å². The quantitative estimate of drug-likeness (QED) is 0.843. The molecule has 0 bridgehead atoms. The molecule has 0 fully saturated rings. The molecular weight excluding hydrogens is 271 g/mol. The van der Waals surface area contributed by atoms with Gasteiger partial charge in [0.1, 0.15) is 22.4 Å². The minimum Gasteiger partial charge on any atom is -0.478 e. The molecule has 0 unspecified atom stereocenters. The van der Waals surface area contributed by atoms with Gasteiger partial charge < -0.3 is 10.4 Å². The van der Waals surface area contributed by atoms with Gasteiger partial charge in [-0.3, -0.25) is 0 Å².